The maximum Gasteiger partial charge on any atom is 0.254 e. The number of aromatic nitrogens is 1. The van der Waals surface area contributed by atoms with Gasteiger partial charge in [-0.3, -0.25) is 9.78 Å². The van der Waals surface area contributed by atoms with Crippen molar-refractivity contribution in [2.75, 3.05) is 32.4 Å². The number of aryl methyl sites for hydroxylation is 1. The van der Waals surface area contributed by atoms with Crippen LogP contribution in [0.25, 0.3) is 0 Å². The molecular weight excluding hydrogens is 216 g/mol. The monoisotopic (exact) mass is 236 g/mol. The van der Waals surface area contributed by atoms with Gasteiger partial charge in [0.05, 0.1) is 5.56 Å². The van der Waals surface area contributed by atoms with Crippen LogP contribution in [0, 0.1) is 6.92 Å². The van der Waals surface area contributed by atoms with Gasteiger partial charge in [-0.15, -0.1) is 0 Å². The smallest absolute Gasteiger partial charge is 0.254 e. The molecule has 1 rings (SSSR count). The number of hydrogen-bond acceptors (Lipinski definition) is 4. The Morgan fingerprint density at radius 3 is 2.88 bits per heavy atom. The fourth-order valence-corrected chi connectivity index (χ4v) is 1.38. The van der Waals surface area contributed by atoms with Gasteiger partial charge in [0.1, 0.15) is 0 Å². The third kappa shape index (κ3) is 4.03. The Labute approximate surface area is 102 Å². The van der Waals surface area contributed by atoms with Gasteiger partial charge in [0, 0.05) is 30.7 Å². The second kappa shape index (κ2) is 6.20. The molecule has 0 aromatic carbocycles. The van der Waals surface area contributed by atoms with Gasteiger partial charge in [0.15, 0.2) is 0 Å². The first-order valence-corrected chi connectivity index (χ1v) is 5.73. The Hall–Kier alpha value is -1.62. The minimum atomic E-state index is -0.167. The number of carbonyl (C=O) groups is 1. The van der Waals surface area contributed by atoms with E-state index >= 15 is 0 Å². The molecule has 0 fully saturated rings. The molecule has 0 spiro atoms. The fourth-order valence-electron chi connectivity index (χ4n) is 1.38. The summed E-state index contributed by atoms with van der Waals surface area (Å²) >= 11 is 0. The third-order valence-corrected chi connectivity index (χ3v) is 2.64. The largest absolute Gasteiger partial charge is 0.398 e. The van der Waals surface area contributed by atoms with E-state index in [0.717, 1.165) is 18.8 Å². The molecule has 17 heavy (non-hydrogen) atoms. The van der Waals surface area contributed by atoms with Crippen molar-refractivity contribution in [2.24, 2.45) is 0 Å². The van der Waals surface area contributed by atoms with Crippen molar-refractivity contribution in [1.82, 2.24) is 15.2 Å². The van der Waals surface area contributed by atoms with Gasteiger partial charge < -0.3 is 16.0 Å². The molecule has 94 valence electrons. The average molecular weight is 236 g/mol. The van der Waals surface area contributed by atoms with Crippen LogP contribution in [0.15, 0.2) is 12.3 Å². The van der Waals surface area contributed by atoms with Crippen molar-refractivity contribution in [1.29, 1.82) is 0 Å². The highest BCUT2D eigenvalue weighted by Crippen LogP contribution is 2.10. The van der Waals surface area contributed by atoms with Crippen molar-refractivity contribution in [2.45, 2.75) is 13.8 Å². The van der Waals surface area contributed by atoms with E-state index in [2.05, 4.69) is 22.1 Å². The molecule has 0 aliphatic carbocycles. The topological polar surface area (TPSA) is 71.2 Å². The van der Waals surface area contributed by atoms with Crippen LogP contribution in [0.1, 0.15) is 23.0 Å². The summed E-state index contributed by atoms with van der Waals surface area (Å²) in [7, 11) is 2.01. The van der Waals surface area contributed by atoms with Crippen LogP contribution in [0.2, 0.25) is 0 Å². The molecule has 1 amide bonds. The van der Waals surface area contributed by atoms with Gasteiger partial charge in [-0.1, -0.05) is 6.92 Å². The first-order valence-electron chi connectivity index (χ1n) is 5.73. The average Bonchev–Trinajstić information content (AvgIpc) is 2.28. The molecule has 1 aromatic heterocycles. The second-order valence-corrected chi connectivity index (χ2v) is 4.06. The van der Waals surface area contributed by atoms with Crippen molar-refractivity contribution in [3.05, 3.63) is 23.5 Å². The maximum atomic E-state index is 11.8. The predicted octanol–water partition coefficient (Wildman–Crippen LogP) is 0.654. The molecule has 1 aromatic rings. The zero-order chi connectivity index (χ0) is 12.8. The number of hydrogen-bond donors (Lipinski definition) is 2. The Bertz CT molecular complexity index is 392. The molecule has 0 aliphatic rings. The number of pyridine rings is 1. The van der Waals surface area contributed by atoms with Crippen molar-refractivity contribution < 1.29 is 4.79 Å². The van der Waals surface area contributed by atoms with Crippen LogP contribution in [-0.4, -0.2) is 42.5 Å². The quantitative estimate of drug-likeness (QED) is 0.787. The Kier molecular flexibility index (Phi) is 4.90. The number of nitrogen functional groups attached to an aromatic ring is 1. The molecular formula is C12H20N4O. The first-order chi connectivity index (χ1) is 8.04. The Morgan fingerprint density at radius 2 is 2.29 bits per heavy atom. The maximum absolute atomic E-state index is 11.8. The summed E-state index contributed by atoms with van der Waals surface area (Å²) in [6.45, 7) is 6.31. The van der Waals surface area contributed by atoms with E-state index in [1.807, 2.05) is 14.0 Å². The number of rotatable bonds is 5. The van der Waals surface area contributed by atoms with Crippen molar-refractivity contribution in [3.8, 4) is 0 Å². The molecule has 0 atom stereocenters. The van der Waals surface area contributed by atoms with Gasteiger partial charge in [0.2, 0.25) is 0 Å². The highest BCUT2D eigenvalue weighted by molar-refractivity contribution is 5.98. The van der Waals surface area contributed by atoms with Gasteiger partial charge in [-0.05, 0) is 26.6 Å². The number of carbonyl (C=O) groups excluding carboxylic acids is 1. The van der Waals surface area contributed by atoms with E-state index < -0.39 is 0 Å². The number of nitrogens with zero attached hydrogens (tertiary/aromatic N) is 2. The minimum absolute atomic E-state index is 0.167. The van der Waals surface area contributed by atoms with Gasteiger partial charge in [0.25, 0.3) is 5.91 Å². The molecule has 0 saturated carbocycles. The molecule has 0 aliphatic heterocycles. The van der Waals surface area contributed by atoms with E-state index in [-0.39, 0.29) is 5.91 Å². The molecule has 0 radical (unpaired) electrons. The number of anilines is 1. The summed E-state index contributed by atoms with van der Waals surface area (Å²) in [5.41, 5.74) is 7.49. The third-order valence-electron chi connectivity index (χ3n) is 2.64. The van der Waals surface area contributed by atoms with Gasteiger partial charge in [-0.25, -0.2) is 0 Å². The van der Waals surface area contributed by atoms with Crippen molar-refractivity contribution >= 4 is 11.6 Å². The van der Waals surface area contributed by atoms with Gasteiger partial charge >= 0.3 is 0 Å². The molecule has 1 heterocycles. The lowest BCUT2D eigenvalue weighted by atomic mass is 10.2. The lowest BCUT2D eigenvalue weighted by molar-refractivity contribution is 0.0950. The summed E-state index contributed by atoms with van der Waals surface area (Å²) in [6, 6.07) is 1.70. The Morgan fingerprint density at radius 1 is 1.59 bits per heavy atom. The van der Waals surface area contributed by atoms with E-state index in [0.29, 0.717) is 17.8 Å². The normalized spacial score (nSPS) is 10.6. The molecule has 5 nitrogen and oxygen atoms in total. The van der Waals surface area contributed by atoms with Crippen LogP contribution in [0.4, 0.5) is 5.69 Å². The highest BCUT2D eigenvalue weighted by Gasteiger charge is 2.09. The lowest BCUT2D eigenvalue weighted by Gasteiger charge is -2.14. The molecule has 3 N–H and O–H groups in total. The van der Waals surface area contributed by atoms with Gasteiger partial charge in [-0.2, -0.15) is 0 Å². The van der Waals surface area contributed by atoms with Crippen LogP contribution in [0.5, 0.6) is 0 Å². The summed E-state index contributed by atoms with van der Waals surface area (Å²) < 4.78 is 0. The minimum Gasteiger partial charge on any atom is -0.398 e. The van der Waals surface area contributed by atoms with E-state index in [1.165, 1.54) is 6.20 Å². The van der Waals surface area contributed by atoms with Crippen LogP contribution in [0.3, 0.4) is 0 Å². The fraction of sp³-hybridized carbons (Fsp3) is 0.500. The predicted molar refractivity (Wildman–Crippen MR) is 68.9 cm³/mol. The summed E-state index contributed by atoms with van der Waals surface area (Å²) in [6.07, 6.45) is 1.52. The standard InChI is InChI=1S/C12H20N4O/c1-4-16(3)6-5-14-12(17)10-8-15-9(2)7-11(10)13/h7-8H,4-6H2,1-3H3,(H2,13,15)(H,14,17). The lowest BCUT2D eigenvalue weighted by Crippen LogP contribution is -2.33. The van der Waals surface area contributed by atoms with Crippen molar-refractivity contribution in [3.63, 3.8) is 0 Å². The second-order valence-electron chi connectivity index (χ2n) is 4.06. The number of amides is 1. The summed E-state index contributed by atoms with van der Waals surface area (Å²) in [5, 5.41) is 2.82. The van der Waals surface area contributed by atoms with Crippen LogP contribution < -0.4 is 11.1 Å². The molecule has 0 bridgehead atoms. The zero-order valence-corrected chi connectivity index (χ0v) is 10.7. The number of nitrogens with two attached hydrogens (primary N) is 1. The number of likely N-dealkylation sites (N-methyl/N-ethyl adjacent to an activating group) is 1. The number of nitrogens with one attached hydrogen (secondary N) is 1. The van der Waals surface area contributed by atoms with Crippen LogP contribution >= 0.6 is 0 Å². The summed E-state index contributed by atoms with van der Waals surface area (Å²) in [5.74, 6) is -0.167. The zero-order valence-electron chi connectivity index (χ0n) is 10.7. The van der Waals surface area contributed by atoms with Crippen LogP contribution in [-0.2, 0) is 0 Å². The first kappa shape index (κ1) is 13.4. The summed E-state index contributed by atoms with van der Waals surface area (Å²) in [4.78, 5) is 18.0. The molecule has 0 saturated heterocycles. The van der Waals surface area contributed by atoms with E-state index in [4.69, 9.17) is 5.73 Å². The van der Waals surface area contributed by atoms with E-state index in [9.17, 15) is 4.79 Å². The molecule has 5 heteroatoms. The SMILES string of the molecule is CCN(C)CCNC(=O)c1cnc(C)cc1N. The Balaban J connectivity index is 2.52. The van der Waals surface area contributed by atoms with E-state index in [1.54, 1.807) is 6.07 Å². The molecule has 0 unspecified atom stereocenters. The highest BCUT2D eigenvalue weighted by atomic mass is 16.1.